The van der Waals surface area contributed by atoms with Crippen LogP contribution in [0.1, 0.15) is 33.3 Å². The van der Waals surface area contributed by atoms with Gasteiger partial charge in [-0.25, -0.2) is 0 Å². The zero-order valence-electron chi connectivity index (χ0n) is 13.8. The summed E-state index contributed by atoms with van der Waals surface area (Å²) in [5.74, 6) is 2.46. The topological polar surface area (TPSA) is 38.8 Å². The molecule has 0 atom stereocenters. The molecule has 0 unspecified atom stereocenters. The van der Waals surface area contributed by atoms with Crippen LogP contribution in [0.2, 0.25) is 0 Å². The normalized spacial score (nSPS) is 13.4. The first-order valence-electron chi connectivity index (χ1n) is 7.82. The van der Waals surface area contributed by atoms with E-state index in [0.717, 1.165) is 30.2 Å². The fraction of sp³-hybridized carbons (Fsp3) is 0.500. The summed E-state index contributed by atoms with van der Waals surface area (Å²) in [4.78, 5) is 14.3. The third-order valence-electron chi connectivity index (χ3n) is 3.30. The molecule has 0 saturated carbocycles. The van der Waals surface area contributed by atoms with Crippen LogP contribution in [0.25, 0.3) is 6.08 Å². The highest BCUT2D eigenvalue weighted by Gasteiger charge is 2.15. The molecule has 1 heterocycles. The predicted molar refractivity (Wildman–Crippen MR) is 87.9 cm³/mol. The van der Waals surface area contributed by atoms with Gasteiger partial charge in [-0.15, -0.1) is 0 Å². The number of carbonyl (C=O) groups is 1. The van der Waals surface area contributed by atoms with Crippen molar-refractivity contribution in [3.05, 3.63) is 29.8 Å². The van der Waals surface area contributed by atoms with E-state index in [1.165, 1.54) is 0 Å². The average molecular weight is 303 g/mol. The van der Waals surface area contributed by atoms with Gasteiger partial charge in [0.1, 0.15) is 0 Å². The van der Waals surface area contributed by atoms with Crippen LogP contribution in [0.15, 0.2) is 24.3 Å². The van der Waals surface area contributed by atoms with Gasteiger partial charge >= 0.3 is 0 Å². The molecular weight excluding hydrogens is 278 g/mol. The lowest BCUT2D eigenvalue weighted by atomic mass is 10.1. The van der Waals surface area contributed by atoms with Crippen LogP contribution >= 0.6 is 0 Å². The highest BCUT2D eigenvalue weighted by Crippen LogP contribution is 2.32. The zero-order chi connectivity index (χ0) is 16.1. The lowest BCUT2D eigenvalue weighted by Gasteiger charge is -2.25. The fourth-order valence-electron chi connectivity index (χ4n) is 2.43. The molecule has 0 saturated heterocycles. The van der Waals surface area contributed by atoms with Gasteiger partial charge in [0.15, 0.2) is 11.5 Å². The minimum atomic E-state index is 0.0556. The Morgan fingerprint density at radius 3 is 2.41 bits per heavy atom. The zero-order valence-corrected chi connectivity index (χ0v) is 13.8. The van der Waals surface area contributed by atoms with Crippen molar-refractivity contribution in [2.75, 3.05) is 19.9 Å². The van der Waals surface area contributed by atoms with Crippen molar-refractivity contribution >= 4 is 12.0 Å². The molecule has 1 aliphatic rings. The summed E-state index contributed by atoms with van der Waals surface area (Å²) < 4.78 is 10.6. The van der Waals surface area contributed by atoms with Crippen LogP contribution in [-0.2, 0) is 4.79 Å². The van der Waals surface area contributed by atoms with Crippen LogP contribution in [0.4, 0.5) is 0 Å². The number of rotatable bonds is 6. The number of carbonyl (C=O) groups excluding carboxylic acids is 1. The van der Waals surface area contributed by atoms with Gasteiger partial charge < -0.3 is 14.4 Å². The molecule has 22 heavy (non-hydrogen) atoms. The van der Waals surface area contributed by atoms with Crippen LogP contribution in [0, 0.1) is 11.8 Å². The van der Waals surface area contributed by atoms with E-state index in [0.29, 0.717) is 11.8 Å². The highest BCUT2D eigenvalue weighted by molar-refractivity contribution is 5.91. The Labute approximate surface area is 132 Å². The third kappa shape index (κ3) is 4.52. The quantitative estimate of drug-likeness (QED) is 0.754. The monoisotopic (exact) mass is 303 g/mol. The summed E-state index contributed by atoms with van der Waals surface area (Å²) in [6.45, 7) is 10.3. The summed E-state index contributed by atoms with van der Waals surface area (Å²) >= 11 is 0. The molecule has 0 fully saturated rings. The van der Waals surface area contributed by atoms with Crippen molar-refractivity contribution in [2.24, 2.45) is 11.8 Å². The Bertz CT molecular complexity index is 539. The lowest BCUT2D eigenvalue weighted by molar-refractivity contribution is -0.127. The van der Waals surface area contributed by atoms with Gasteiger partial charge in [0.25, 0.3) is 0 Å². The molecule has 0 N–H and O–H groups in total. The van der Waals surface area contributed by atoms with E-state index < -0.39 is 0 Å². The Morgan fingerprint density at radius 2 is 1.77 bits per heavy atom. The second-order valence-electron chi connectivity index (χ2n) is 6.48. The highest BCUT2D eigenvalue weighted by atomic mass is 16.7. The summed E-state index contributed by atoms with van der Waals surface area (Å²) in [6.07, 6.45) is 3.47. The van der Waals surface area contributed by atoms with Gasteiger partial charge in [-0.05, 0) is 35.6 Å². The number of hydrogen-bond acceptors (Lipinski definition) is 3. The Hall–Kier alpha value is -1.97. The van der Waals surface area contributed by atoms with Gasteiger partial charge in [0.05, 0.1) is 0 Å². The standard InChI is InChI=1S/C18H25NO3/c1-13(2)10-19(11-14(3)4)18(20)8-6-15-5-7-16-17(9-15)22-12-21-16/h5-9,13-14H,10-12H2,1-4H3/b8-6+. The van der Waals surface area contributed by atoms with E-state index in [1.807, 2.05) is 29.2 Å². The summed E-state index contributed by atoms with van der Waals surface area (Å²) in [7, 11) is 0. The molecule has 1 aliphatic heterocycles. The molecular formula is C18H25NO3. The van der Waals surface area contributed by atoms with Crippen LogP contribution in [-0.4, -0.2) is 30.7 Å². The number of hydrogen-bond donors (Lipinski definition) is 0. The lowest BCUT2D eigenvalue weighted by Crippen LogP contribution is -2.35. The number of fused-ring (bicyclic) bond motifs is 1. The Balaban J connectivity index is 2.04. The van der Waals surface area contributed by atoms with Crippen molar-refractivity contribution in [1.82, 2.24) is 4.90 Å². The molecule has 0 radical (unpaired) electrons. The van der Waals surface area contributed by atoms with Crippen molar-refractivity contribution in [1.29, 1.82) is 0 Å². The molecule has 0 aromatic heterocycles. The first kappa shape index (κ1) is 16.4. The molecule has 2 rings (SSSR count). The summed E-state index contributed by atoms with van der Waals surface area (Å²) in [6, 6.07) is 5.68. The molecule has 1 amide bonds. The number of amides is 1. The van der Waals surface area contributed by atoms with Crippen LogP contribution in [0.3, 0.4) is 0 Å². The largest absolute Gasteiger partial charge is 0.454 e. The molecule has 1 aromatic rings. The van der Waals surface area contributed by atoms with Gasteiger partial charge in [-0.3, -0.25) is 4.79 Å². The summed E-state index contributed by atoms with van der Waals surface area (Å²) in [5.41, 5.74) is 0.937. The smallest absolute Gasteiger partial charge is 0.246 e. The van der Waals surface area contributed by atoms with Crippen molar-refractivity contribution < 1.29 is 14.3 Å². The van der Waals surface area contributed by atoms with Crippen LogP contribution in [0.5, 0.6) is 11.5 Å². The number of ether oxygens (including phenoxy) is 2. The van der Waals surface area contributed by atoms with Crippen molar-refractivity contribution in [3.63, 3.8) is 0 Å². The van der Waals surface area contributed by atoms with Gasteiger partial charge in [-0.1, -0.05) is 33.8 Å². The molecule has 0 spiro atoms. The van der Waals surface area contributed by atoms with Crippen molar-refractivity contribution in [3.8, 4) is 11.5 Å². The van der Waals surface area contributed by atoms with E-state index in [1.54, 1.807) is 6.08 Å². The number of benzene rings is 1. The Kier molecular flexibility index (Phi) is 5.47. The minimum Gasteiger partial charge on any atom is -0.454 e. The second kappa shape index (κ2) is 7.34. The molecule has 4 nitrogen and oxygen atoms in total. The Morgan fingerprint density at radius 1 is 1.14 bits per heavy atom. The van der Waals surface area contributed by atoms with E-state index in [9.17, 15) is 4.79 Å². The van der Waals surface area contributed by atoms with Gasteiger partial charge in [0.2, 0.25) is 12.7 Å². The molecule has 0 bridgehead atoms. The fourth-order valence-corrected chi connectivity index (χ4v) is 2.43. The maximum Gasteiger partial charge on any atom is 0.246 e. The molecule has 4 heteroatoms. The SMILES string of the molecule is CC(C)CN(CC(C)C)C(=O)/C=C/c1ccc2c(c1)OCO2. The predicted octanol–water partition coefficient (Wildman–Crippen LogP) is 3.57. The van der Waals surface area contributed by atoms with Crippen LogP contribution < -0.4 is 9.47 Å². The maximum absolute atomic E-state index is 12.4. The summed E-state index contributed by atoms with van der Waals surface area (Å²) in [5, 5.41) is 0. The van der Waals surface area contributed by atoms with Gasteiger partial charge in [-0.2, -0.15) is 0 Å². The second-order valence-corrected chi connectivity index (χ2v) is 6.48. The molecule has 120 valence electrons. The average Bonchev–Trinajstić information content (AvgIpc) is 2.90. The first-order chi connectivity index (χ1) is 10.5. The third-order valence-corrected chi connectivity index (χ3v) is 3.30. The molecule has 0 aliphatic carbocycles. The maximum atomic E-state index is 12.4. The van der Waals surface area contributed by atoms with E-state index >= 15 is 0 Å². The first-order valence-corrected chi connectivity index (χ1v) is 7.82. The minimum absolute atomic E-state index is 0.0556. The van der Waals surface area contributed by atoms with E-state index in [-0.39, 0.29) is 12.7 Å². The van der Waals surface area contributed by atoms with Crippen molar-refractivity contribution in [2.45, 2.75) is 27.7 Å². The molecule has 1 aromatic carbocycles. The van der Waals surface area contributed by atoms with Gasteiger partial charge in [0, 0.05) is 19.2 Å². The number of nitrogens with zero attached hydrogens (tertiary/aromatic N) is 1. The van der Waals surface area contributed by atoms with E-state index in [2.05, 4.69) is 27.7 Å². The van der Waals surface area contributed by atoms with E-state index in [4.69, 9.17) is 9.47 Å².